The summed E-state index contributed by atoms with van der Waals surface area (Å²) in [4.78, 5) is 12.2. The molecule has 0 saturated carbocycles. The standard InChI is InChI=1S/C9H8N2OS2/c12-8(9-5-10-11-14-9)2-1-7-3-4-13-6-7/h3-6H,1-2H2. The van der Waals surface area contributed by atoms with Gasteiger partial charge in [-0.15, -0.1) is 5.10 Å². The predicted molar refractivity (Wildman–Crippen MR) is 56.9 cm³/mol. The lowest BCUT2D eigenvalue weighted by molar-refractivity contribution is 0.0986. The fraction of sp³-hybridized carbons (Fsp3) is 0.222. The Kier molecular flexibility index (Phi) is 3.00. The lowest BCUT2D eigenvalue weighted by Crippen LogP contribution is -1.97. The number of thiophene rings is 1. The molecule has 2 aromatic heterocycles. The van der Waals surface area contributed by atoms with Crippen LogP contribution in [-0.2, 0) is 6.42 Å². The van der Waals surface area contributed by atoms with E-state index >= 15 is 0 Å². The molecule has 0 aliphatic heterocycles. The van der Waals surface area contributed by atoms with Gasteiger partial charge < -0.3 is 0 Å². The molecule has 0 unspecified atom stereocenters. The van der Waals surface area contributed by atoms with E-state index in [0.717, 1.165) is 18.0 Å². The number of ketones is 1. The minimum atomic E-state index is 0.131. The van der Waals surface area contributed by atoms with Gasteiger partial charge in [0.05, 0.1) is 6.20 Å². The monoisotopic (exact) mass is 224 g/mol. The third-order valence-corrected chi connectivity index (χ3v) is 3.29. The van der Waals surface area contributed by atoms with Crippen LogP contribution in [0.15, 0.2) is 23.0 Å². The highest BCUT2D eigenvalue weighted by molar-refractivity contribution is 7.08. The van der Waals surface area contributed by atoms with Crippen molar-refractivity contribution < 1.29 is 4.79 Å². The topological polar surface area (TPSA) is 42.9 Å². The number of hydrogen-bond donors (Lipinski definition) is 0. The van der Waals surface area contributed by atoms with Crippen LogP contribution in [-0.4, -0.2) is 15.4 Å². The van der Waals surface area contributed by atoms with E-state index < -0.39 is 0 Å². The molecule has 0 amide bonds. The second-order valence-electron chi connectivity index (χ2n) is 2.84. The number of carbonyl (C=O) groups is 1. The normalized spacial score (nSPS) is 10.3. The number of aryl methyl sites for hydroxylation is 1. The van der Waals surface area contributed by atoms with Crippen molar-refractivity contribution in [2.24, 2.45) is 0 Å². The Morgan fingerprint density at radius 2 is 2.43 bits per heavy atom. The van der Waals surface area contributed by atoms with Gasteiger partial charge in [-0.3, -0.25) is 4.79 Å². The maximum absolute atomic E-state index is 11.5. The van der Waals surface area contributed by atoms with Crippen molar-refractivity contribution in [3.05, 3.63) is 33.5 Å². The van der Waals surface area contributed by atoms with Crippen LogP contribution in [0, 0.1) is 0 Å². The molecular formula is C9H8N2OS2. The lowest BCUT2D eigenvalue weighted by atomic mass is 10.1. The quantitative estimate of drug-likeness (QED) is 0.749. The Hall–Kier alpha value is -1.07. The maximum atomic E-state index is 11.5. The average Bonchev–Trinajstić information content (AvgIpc) is 2.87. The summed E-state index contributed by atoms with van der Waals surface area (Å²) in [6, 6.07) is 2.04. The zero-order valence-electron chi connectivity index (χ0n) is 7.34. The van der Waals surface area contributed by atoms with Crippen LogP contribution in [0.2, 0.25) is 0 Å². The molecule has 0 saturated heterocycles. The van der Waals surface area contributed by atoms with Gasteiger partial charge in [0.2, 0.25) is 0 Å². The van der Waals surface area contributed by atoms with Crippen LogP contribution in [0.25, 0.3) is 0 Å². The van der Waals surface area contributed by atoms with E-state index in [1.807, 2.05) is 11.4 Å². The Balaban J connectivity index is 1.90. The van der Waals surface area contributed by atoms with Crippen LogP contribution >= 0.6 is 22.9 Å². The first-order chi connectivity index (χ1) is 6.86. The maximum Gasteiger partial charge on any atom is 0.176 e. The van der Waals surface area contributed by atoms with E-state index in [-0.39, 0.29) is 5.78 Å². The smallest absolute Gasteiger partial charge is 0.176 e. The Labute approximate surface area is 89.6 Å². The molecule has 0 atom stereocenters. The predicted octanol–water partition coefficient (Wildman–Crippen LogP) is 2.42. The fourth-order valence-electron chi connectivity index (χ4n) is 1.11. The van der Waals surface area contributed by atoms with Gasteiger partial charge in [-0.05, 0) is 40.3 Å². The number of hydrogen-bond acceptors (Lipinski definition) is 5. The molecule has 72 valence electrons. The summed E-state index contributed by atoms with van der Waals surface area (Å²) in [7, 11) is 0. The summed E-state index contributed by atoms with van der Waals surface area (Å²) in [5.74, 6) is 0.131. The highest BCUT2D eigenvalue weighted by Crippen LogP contribution is 2.12. The van der Waals surface area contributed by atoms with Crippen molar-refractivity contribution in [2.75, 3.05) is 0 Å². The van der Waals surface area contributed by atoms with Crippen LogP contribution < -0.4 is 0 Å². The molecule has 0 aliphatic carbocycles. The summed E-state index contributed by atoms with van der Waals surface area (Å²) in [5.41, 5.74) is 1.22. The summed E-state index contributed by atoms with van der Waals surface area (Å²) in [6.45, 7) is 0. The third kappa shape index (κ3) is 2.24. The Morgan fingerprint density at radius 3 is 3.07 bits per heavy atom. The van der Waals surface area contributed by atoms with Crippen molar-refractivity contribution in [3.63, 3.8) is 0 Å². The number of Topliss-reactive ketones (excluding diaryl/α,β-unsaturated/α-hetero) is 1. The van der Waals surface area contributed by atoms with Gasteiger partial charge in [-0.2, -0.15) is 11.3 Å². The molecular weight excluding hydrogens is 216 g/mol. The van der Waals surface area contributed by atoms with Crippen molar-refractivity contribution in [1.29, 1.82) is 0 Å². The van der Waals surface area contributed by atoms with Crippen LogP contribution in [0.4, 0.5) is 0 Å². The van der Waals surface area contributed by atoms with Gasteiger partial charge in [0.1, 0.15) is 4.88 Å². The Bertz CT molecular complexity index is 394. The van der Waals surface area contributed by atoms with Gasteiger partial charge >= 0.3 is 0 Å². The summed E-state index contributed by atoms with van der Waals surface area (Å²) in [6.07, 6.45) is 2.88. The molecule has 14 heavy (non-hydrogen) atoms. The first-order valence-corrected chi connectivity index (χ1v) is 5.89. The van der Waals surface area contributed by atoms with E-state index in [1.54, 1.807) is 11.3 Å². The first kappa shape index (κ1) is 9.48. The third-order valence-electron chi connectivity index (χ3n) is 1.86. The zero-order chi connectivity index (χ0) is 9.80. The van der Waals surface area contributed by atoms with E-state index in [1.165, 1.54) is 11.8 Å². The van der Waals surface area contributed by atoms with Crippen LogP contribution in [0.1, 0.15) is 21.7 Å². The molecule has 0 radical (unpaired) electrons. The Morgan fingerprint density at radius 1 is 1.50 bits per heavy atom. The molecule has 0 spiro atoms. The van der Waals surface area contributed by atoms with Crippen LogP contribution in [0.5, 0.6) is 0 Å². The van der Waals surface area contributed by atoms with Gasteiger partial charge in [0, 0.05) is 6.42 Å². The average molecular weight is 224 g/mol. The SMILES string of the molecule is O=C(CCc1ccsc1)c1cnns1. The van der Waals surface area contributed by atoms with Gasteiger partial charge in [-0.1, -0.05) is 4.49 Å². The number of aromatic nitrogens is 2. The number of carbonyl (C=O) groups excluding carboxylic acids is 1. The molecule has 0 aromatic carbocycles. The number of nitrogens with zero attached hydrogens (tertiary/aromatic N) is 2. The van der Waals surface area contributed by atoms with Gasteiger partial charge in [0.15, 0.2) is 5.78 Å². The molecule has 5 heteroatoms. The van der Waals surface area contributed by atoms with Crippen molar-refractivity contribution in [3.8, 4) is 0 Å². The summed E-state index contributed by atoms with van der Waals surface area (Å²) < 4.78 is 3.66. The second-order valence-corrected chi connectivity index (χ2v) is 4.40. The molecule has 2 aromatic rings. The second kappa shape index (κ2) is 4.43. The molecule has 0 N–H and O–H groups in total. The van der Waals surface area contributed by atoms with E-state index in [2.05, 4.69) is 15.0 Å². The summed E-state index contributed by atoms with van der Waals surface area (Å²) >= 11 is 2.82. The van der Waals surface area contributed by atoms with Crippen molar-refractivity contribution >= 4 is 28.7 Å². The van der Waals surface area contributed by atoms with E-state index in [0.29, 0.717) is 11.3 Å². The fourth-order valence-corrected chi connectivity index (χ4v) is 2.29. The first-order valence-electron chi connectivity index (χ1n) is 4.18. The van der Waals surface area contributed by atoms with Crippen LogP contribution in [0.3, 0.4) is 0 Å². The van der Waals surface area contributed by atoms with Gasteiger partial charge in [-0.25, -0.2) is 0 Å². The van der Waals surface area contributed by atoms with Crippen molar-refractivity contribution in [1.82, 2.24) is 9.59 Å². The van der Waals surface area contributed by atoms with E-state index in [9.17, 15) is 4.79 Å². The molecule has 0 fully saturated rings. The largest absolute Gasteiger partial charge is 0.293 e. The van der Waals surface area contributed by atoms with E-state index in [4.69, 9.17) is 0 Å². The van der Waals surface area contributed by atoms with Crippen molar-refractivity contribution in [2.45, 2.75) is 12.8 Å². The minimum Gasteiger partial charge on any atom is -0.293 e. The summed E-state index contributed by atoms with van der Waals surface area (Å²) in [5, 5.41) is 7.73. The molecule has 0 aliphatic rings. The highest BCUT2D eigenvalue weighted by atomic mass is 32.1. The molecule has 2 heterocycles. The number of rotatable bonds is 4. The molecule has 3 nitrogen and oxygen atoms in total. The molecule has 0 bridgehead atoms. The highest BCUT2D eigenvalue weighted by Gasteiger charge is 2.08. The lowest BCUT2D eigenvalue weighted by Gasteiger charge is -1.94. The molecule has 2 rings (SSSR count). The van der Waals surface area contributed by atoms with Gasteiger partial charge in [0.25, 0.3) is 0 Å². The minimum absolute atomic E-state index is 0.131. The zero-order valence-corrected chi connectivity index (χ0v) is 8.98.